The summed E-state index contributed by atoms with van der Waals surface area (Å²) >= 11 is 0. The van der Waals surface area contributed by atoms with E-state index in [9.17, 15) is 9.59 Å². The molecule has 2 unspecified atom stereocenters. The van der Waals surface area contributed by atoms with Gasteiger partial charge in [-0.2, -0.15) is 0 Å². The molecule has 0 aromatic heterocycles. The highest BCUT2D eigenvalue weighted by molar-refractivity contribution is 5.67. The number of carbonyl (C=O) groups excluding carboxylic acids is 2. The van der Waals surface area contributed by atoms with Gasteiger partial charge >= 0.3 is 11.9 Å². The lowest BCUT2D eigenvalue weighted by Gasteiger charge is -2.36. The van der Waals surface area contributed by atoms with E-state index in [2.05, 4.69) is 0 Å². The molecule has 0 saturated heterocycles. The van der Waals surface area contributed by atoms with Crippen LogP contribution in [0.1, 0.15) is 104 Å². The number of hydrogen-bond acceptors (Lipinski definition) is 4. The van der Waals surface area contributed by atoms with E-state index in [-0.39, 0.29) is 24.1 Å². The molecule has 160 valence electrons. The van der Waals surface area contributed by atoms with E-state index >= 15 is 0 Å². The monoisotopic (exact) mass is 392 g/mol. The van der Waals surface area contributed by atoms with Crippen molar-refractivity contribution in [3.05, 3.63) is 0 Å². The van der Waals surface area contributed by atoms with Gasteiger partial charge in [-0.3, -0.25) is 9.59 Å². The first-order chi connectivity index (χ1) is 13.5. The Balaban J connectivity index is 1.73. The van der Waals surface area contributed by atoms with Gasteiger partial charge in [0.05, 0.1) is 0 Å². The molecule has 6 aliphatic carbocycles. The van der Waals surface area contributed by atoms with Crippen molar-refractivity contribution < 1.29 is 19.1 Å². The Hall–Kier alpha value is -1.06. The van der Waals surface area contributed by atoms with Crippen molar-refractivity contribution in [3.63, 3.8) is 0 Å². The van der Waals surface area contributed by atoms with Crippen LogP contribution >= 0.6 is 0 Å². The van der Waals surface area contributed by atoms with E-state index in [1.807, 2.05) is 0 Å². The maximum atomic E-state index is 11.8. The van der Waals surface area contributed by atoms with E-state index in [1.54, 1.807) is 0 Å². The van der Waals surface area contributed by atoms with Crippen molar-refractivity contribution >= 4 is 11.9 Å². The first-order valence-electron chi connectivity index (χ1n) is 11.8. The largest absolute Gasteiger partial charge is 0.459 e. The average molecular weight is 393 g/mol. The predicted octanol–water partition coefficient (Wildman–Crippen LogP) is 5.82. The third-order valence-corrected chi connectivity index (χ3v) is 7.59. The Morgan fingerprint density at radius 2 is 0.857 bits per heavy atom. The molecule has 6 aliphatic rings. The summed E-state index contributed by atoms with van der Waals surface area (Å²) in [6.45, 7) is 2.96. The van der Waals surface area contributed by atoms with Crippen molar-refractivity contribution in [3.8, 4) is 0 Å². The Kier molecular flexibility index (Phi) is 8.23. The fourth-order valence-electron chi connectivity index (χ4n) is 6.01. The second kappa shape index (κ2) is 10.6. The van der Waals surface area contributed by atoms with Crippen LogP contribution in [0.3, 0.4) is 0 Å². The van der Waals surface area contributed by atoms with Gasteiger partial charge in [-0.05, 0) is 36.5 Å². The Morgan fingerprint density at radius 3 is 1.18 bits per heavy atom. The number of rotatable bonds is 2. The highest BCUT2D eigenvalue weighted by Gasteiger charge is 2.34. The van der Waals surface area contributed by atoms with Gasteiger partial charge in [0.15, 0.2) is 0 Å². The fourth-order valence-corrected chi connectivity index (χ4v) is 6.01. The topological polar surface area (TPSA) is 52.6 Å². The molecule has 0 N–H and O–H groups in total. The van der Waals surface area contributed by atoms with E-state index in [4.69, 9.17) is 9.47 Å². The van der Waals surface area contributed by atoms with Gasteiger partial charge in [0.1, 0.15) is 12.2 Å². The Bertz CT molecular complexity index is 455. The summed E-state index contributed by atoms with van der Waals surface area (Å²) in [6.07, 6.45) is 16.8. The second-order valence-corrected chi connectivity index (χ2v) is 9.83. The van der Waals surface area contributed by atoms with Crippen LogP contribution in [0.25, 0.3) is 0 Å². The third kappa shape index (κ3) is 6.77. The Labute approximate surface area is 171 Å². The molecule has 4 nitrogen and oxygen atoms in total. The SMILES string of the molecule is CC(=O)OC1CC2CCC(CCCCC3CCC(CC3)CC1OC(C)=O)CC2. The summed E-state index contributed by atoms with van der Waals surface area (Å²) in [5.74, 6) is 2.43. The lowest BCUT2D eigenvalue weighted by Crippen LogP contribution is -2.38. The zero-order valence-corrected chi connectivity index (χ0v) is 18.0. The van der Waals surface area contributed by atoms with E-state index in [1.165, 1.54) is 90.9 Å². The molecule has 6 rings (SSSR count). The van der Waals surface area contributed by atoms with Crippen LogP contribution in [0.15, 0.2) is 0 Å². The molecule has 6 fully saturated rings. The quantitative estimate of drug-likeness (QED) is 0.556. The molecule has 0 aliphatic heterocycles. The molecule has 0 aromatic rings. The third-order valence-electron chi connectivity index (χ3n) is 7.59. The van der Waals surface area contributed by atoms with Crippen molar-refractivity contribution in [2.75, 3.05) is 0 Å². The summed E-state index contributed by atoms with van der Waals surface area (Å²) in [5.41, 5.74) is 0. The molecule has 28 heavy (non-hydrogen) atoms. The number of ether oxygens (including phenoxy) is 2. The van der Waals surface area contributed by atoms with Crippen LogP contribution in [0.5, 0.6) is 0 Å². The van der Waals surface area contributed by atoms with E-state index in [0.29, 0.717) is 11.8 Å². The molecular formula is C24H40O4. The summed E-state index contributed by atoms with van der Waals surface area (Å²) < 4.78 is 11.5. The van der Waals surface area contributed by atoms with Gasteiger partial charge in [-0.15, -0.1) is 0 Å². The molecule has 0 radical (unpaired) electrons. The predicted molar refractivity (Wildman–Crippen MR) is 110 cm³/mol. The van der Waals surface area contributed by atoms with Crippen molar-refractivity contribution in [2.45, 2.75) is 116 Å². The summed E-state index contributed by atoms with van der Waals surface area (Å²) in [6, 6.07) is 0. The summed E-state index contributed by atoms with van der Waals surface area (Å²) in [5, 5.41) is 0. The van der Waals surface area contributed by atoms with E-state index in [0.717, 1.165) is 24.7 Å². The fraction of sp³-hybridized carbons (Fsp3) is 0.917. The maximum Gasteiger partial charge on any atom is 0.303 e. The molecule has 4 heteroatoms. The molecule has 0 aromatic carbocycles. The number of carbonyl (C=O) groups is 2. The van der Waals surface area contributed by atoms with Crippen molar-refractivity contribution in [1.29, 1.82) is 0 Å². The van der Waals surface area contributed by atoms with Crippen molar-refractivity contribution in [2.24, 2.45) is 23.7 Å². The molecule has 2 atom stereocenters. The number of hydrogen-bond donors (Lipinski definition) is 0. The maximum absolute atomic E-state index is 11.8. The van der Waals surface area contributed by atoms with Crippen LogP contribution in [0, 0.1) is 23.7 Å². The van der Waals surface area contributed by atoms with Gasteiger partial charge in [0.2, 0.25) is 0 Å². The zero-order valence-electron chi connectivity index (χ0n) is 18.0. The lowest BCUT2D eigenvalue weighted by atomic mass is 9.74. The van der Waals surface area contributed by atoms with Crippen LogP contribution in [-0.2, 0) is 19.1 Å². The van der Waals surface area contributed by atoms with Gasteiger partial charge in [0, 0.05) is 13.8 Å². The minimum atomic E-state index is -0.284. The van der Waals surface area contributed by atoms with Crippen LogP contribution in [-0.4, -0.2) is 24.1 Å². The van der Waals surface area contributed by atoms with E-state index < -0.39 is 0 Å². The normalized spacial score (nSPS) is 37.4. The van der Waals surface area contributed by atoms with Crippen LogP contribution in [0.2, 0.25) is 0 Å². The highest BCUT2D eigenvalue weighted by Crippen LogP contribution is 2.39. The first-order valence-corrected chi connectivity index (χ1v) is 11.8. The van der Waals surface area contributed by atoms with Gasteiger partial charge in [-0.25, -0.2) is 0 Å². The highest BCUT2D eigenvalue weighted by atomic mass is 16.6. The second-order valence-electron chi connectivity index (χ2n) is 9.83. The minimum absolute atomic E-state index is 0.256. The molecular weight excluding hydrogens is 352 g/mol. The smallest absolute Gasteiger partial charge is 0.303 e. The minimum Gasteiger partial charge on any atom is -0.459 e. The Morgan fingerprint density at radius 1 is 0.536 bits per heavy atom. The van der Waals surface area contributed by atoms with Gasteiger partial charge in [-0.1, -0.05) is 77.0 Å². The average Bonchev–Trinajstić information content (AvgIpc) is 2.65. The van der Waals surface area contributed by atoms with Crippen LogP contribution < -0.4 is 0 Å². The molecule has 0 amide bonds. The number of esters is 2. The molecule has 6 saturated carbocycles. The van der Waals surface area contributed by atoms with Gasteiger partial charge < -0.3 is 9.47 Å². The molecule has 0 heterocycles. The standard InChI is InChI=1S/C24H40O4/c1-17(25)27-23-15-21-11-7-19(8-12-21)5-3-4-6-20-9-13-22(14-10-20)16-24(23)28-18(2)26/h19-24H,3-16H2,1-2H3. The lowest BCUT2D eigenvalue weighted by molar-refractivity contribution is -0.168. The molecule has 0 spiro atoms. The van der Waals surface area contributed by atoms with Gasteiger partial charge in [0.25, 0.3) is 0 Å². The van der Waals surface area contributed by atoms with Crippen molar-refractivity contribution in [1.82, 2.24) is 0 Å². The first kappa shape index (κ1) is 21.6. The summed E-state index contributed by atoms with van der Waals surface area (Å²) in [7, 11) is 0. The molecule has 4 bridgehead atoms. The summed E-state index contributed by atoms with van der Waals surface area (Å²) in [4.78, 5) is 23.6. The van der Waals surface area contributed by atoms with Crippen LogP contribution in [0.4, 0.5) is 0 Å². The zero-order chi connectivity index (χ0) is 19.9.